The van der Waals surface area contributed by atoms with Crippen LogP contribution in [-0.4, -0.2) is 11.1 Å². The third-order valence-corrected chi connectivity index (χ3v) is 6.73. The van der Waals surface area contributed by atoms with E-state index >= 15 is 0 Å². The molecule has 2 rings (SSSR count). The summed E-state index contributed by atoms with van der Waals surface area (Å²) in [7, 11) is 0. The first-order valence-electron chi connectivity index (χ1n) is 10.0. The fourth-order valence-corrected chi connectivity index (χ4v) is 4.03. The summed E-state index contributed by atoms with van der Waals surface area (Å²) in [5, 5.41) is 8.88. The number of hydrogen-bond acceptors (Lipinski definition) is 1. The normalized spacial score (nSPS) is 20.4. The van der Waals surface area contributed by atoms with Gasteiger partial charge < -0.3 is 5.11 Å². The number of benzene rings is 1. The van der Waals surface area contributed by atoms with Gasteiger partial charge in [0, 0.05) is 6.08 Å². The van der Waals surface area contributed by atoms with E-state index in [1.807, 2.05) is 13.0 Å². The van der Waals surface area contributed by atoms with Crippen molar-refractivity contribution >= 4 is 5.97 Å². The Kier molecular flexibility index (Phi) is 5.80. The fraction of sp³-hybridized carbons (Fsp3) is 0.560. The number of carboxylic acid groups (broad SMARTS) is 1. The van der Waals surface area contributed by atoms with Crippen LogP contribution in [0.5, 0.6) is 0 Å². The van der Waals surface area contributed by atoms with Crippen LogP contribution < -0.4 is 0 Å². The highest BCUT2D eigenvalue weighted by Crippen LogP contribution is 2.47. The number of carboxylic acids is 1. The molecule has 0 aliphatic heterocycles. The van der Waals surface area contributed by atoms with E-state index in [2.05, 4.69) is 72.7 Å². The van der Waals surface area contributed by atoms with Crippen molar-refractivity contribution in [3.05, 3.63) is 58.7 Å². The average molecular weight is 369 g/mol. The first-order chi connectivity index (χ1) is 12.3. The molecule has 1 aliphatic carbocycles. The van der Waals surface area contributed by atoms with E-state index in [1.165, 1.54) is 35.6 Å². The lowest BCUT2D eigenvalue weighted by atomic mass is 9.61. The zero-order chi connectivity index (χ0) is 20.6. The van der Waals surface area contributed by atoms with Gasteiger partial charge in [-0.25, -0.2) is 4.79 Å². The van der Waals surface area contributed by atoms with E-state index in [0.29, 0.717) is 0 Å². The Morgan fingerprint density at radius 2 is 1.67 bits per heavy atom. The minimum atomic E-state index is -0.899. The molecule has 0 amide bonds. The van der Waals surface area contributed by atoms with Gasteiger partial charge in [-0.3, -0.25) is 0 Å². The van der Waals surface area contributed by atoms with Gasteiger partial charge in [-0.05, 0) is 64.2 Å². The van der Waals surface area contributed by atoms with Crippen LogP contribution in [0, 0.1) is 5.92 Å². The van der Waals surface area contributed by atoms with Crippen molar-refractivity contribution in [1.82, 2.24) is 0 Å². The van der Waals surface area contributed by atoms with Gasteiger partial charge in [-0.2, -0.15) is 0 Å². The number of hydrogen-bond donors (Lipinski definition) is 1. The highest BCUT2D eigenvalue weighted by molar-refractivity contribution is 5.81. The van der Waals surface area contributed by atoms with Crippen molar-refractivity contribution in [3.63, 3.8) is 0 Å². The molecular formula is C25H36O2. The van der Waals surface area contributed by atoms with Gasteiger partial charge in [0.2, 0.25) is 0 Å². The van der Waals surface area contributed by atoms with Crippen molar-refractivity contribution < 1.29 is 9.90 Å². The predicted octanol–water partition coefficient (Wildman–Crippen LogP) is 6.54. The number of rotatable bonds is 5. The van der Waals surface area contributed by atoms with Gasteiger partial charge in [-0.15, -0.1) is 0 Å². The summed E-state index contributed by atoms with van der Waals surface area (Å²) in [6.07, 6.45) is 7.74. The lowest BCUT2D eigenvalue weighted by molar-refractivity contribution is -0.131. The molecule has 0 heterocycles. The molecule has 2 heteroatoms. The SMILES string of the molecule is CC(/C=C/[C@H](C)C(C)(C)c1ccc2c(c1)C(C)(C)CCC2(C)C)=C\C(=O)O. The zero-order valence-electron chi connectivity index (χ0n) is 18.3. The molecule has 27 heavy (non-hydrogen) atoms. The minimum absolute atomic E-state index is 0.0350. The molecule has 0 radical (unpaired) electrons. The van der Waals surface area contributed by atoms with Gasteiger partial charge in [0.15, 0.2) is 0 Å². The summed E-state index contributed by atoms with van der Waals surface area (Å²) in [6, 6.07) is 7.08. The average Bonchev–Trinajstić information content (AvgIpc) is 2.56. The van der Waals surface area contributed by atoms with E-state index in [4.69, 9.17) is 5.11 Å². The third-order valence-electron chi connectivity index (χ3n) is 6.73. The summed E-state index contributed by atoms with van der Waals surface area (Å²) in [4.78, 5) is 10.8. The Hall–Kier alpha value is -1.83. The van der Waals surface area contributed by atoms with E-state index in [-0.39, 0.29) is 22.2 Å². The summed E-state index contributed by atoms with van der Waals surface area (Å²) in [6.45, 7) is 18.0. The van der Waals surface area contributed by atoms with Gasteiger partial charge in [0.05, 0.1) is 0 Å². The van der Waals surface area contributed by atoms with Crippen molar-refractivity contribution in [3.8, 4) is 0 Å². The summed E-state index contributed by atoms with van der Waals surface area (Å²) >= 11 is 0. The van der Waals surface area contributed by atoms with Crippen LogP contribution in [0.3, 0.4) is 0 Å². The van der Waals surface area contributed by atoms with Crippen LogP contribution in [-0.2, 0) is 21.0 Å². The van der Waals surface area contributed by atoms with Crippen LogP contribution in [0.2, 0.25) is 0 Å². The summed E-state index contributed by atoms with van der Waals surface area (Å²) in [5.74, 6) is -0.615. The maximum Gasteiger partial charge on any atom is 0.328 e. The molecule has 0 fully saturated rings. The second-order valence-electron chi connectivity index (χ2n) is 10.1. The van der Waals surface area contributed by atoms with E-state index < -0.39 is 5.97 Å². The highest BCUT2D eigenvalue weighted by atomic mass is 16.4. The fourth-order valence-electron chi connectivity index (χ4n) is 4.03. The molecule has 0 saturated carbocycles. The smallest absolute Gasteiger partial charge is 0.328 e. The van der Waals surface area contributed by atoms with E-state index in [9.17, 15) is 4.79 Å². The molecule has 0 bridgehead atoms. The molecule has 0 aromatic heterocycles. The standard InChI is InChI=1S/C25H36O2/c1-17(15-22(26)27)9-10-18(2)25(7,8)19-11-12-20-21(16-19)24(5,6)14-13-23(20,3)4/h9-12,15-16,18H,13-14H2,1-8H3,(H,26,27)/b10-9+,17-15+/t18-/m0/s1. The van der Waals surface area contributed by atoms with Crippen LogP contribution in [0.25, 0.3) is 0 Å². The molecule has 0 spiro atoms. The quantitative estimate of drug-likeness (QED) is 0.473. The topological polar surface area (TPSA) is 37.3 Å². The van der Waals surface area contributed by atoms with Crippen molar-refractivity contribution in [2.75, 3.05) is 0 Å². The molecule has 0 saturated heterocycles. The van der Waals surface area contributed by atoms with Crippen molar-refractivity contribution in [2.45, 2.75) is 84.5 Å². The van der Waals surface area contributed by atoms with Gasteiger partial charge in [0.25, 0.3) is 0 Å². The Bertz CT molecular complexity index is 776. The van der Waals surface area contributed by atoms with E-state index in [1.54, 1.807) is 0 Å². The maximum atomic E-state index is 10.8. The van der Waals surface area contributed by atoms with Gasteiger partial charge in [0.1, 0.15) is 0 Å². The predicted molar refractivity (Wildman–Crippen MR) is 114 cm³/mol. The number of allylic oxidation sites excluding steroid dienone is 3. The first-order valence-corrected chi connectivity index (χ1v) is 10.0. The second kappa shape index (κ2) is 7.30. The number of carbonyl (C=O) groups is 1. The van der Waals surface area contributed by atoms with Crippen molar-refractivity contribution in [2.24, 2.45) is 5.92 Å². The minimum Gasteiger partial charge on any atom is -0.478 e. The number of fused-ring (bicyclic) bond motifs is 1. The molecule has 1 aromatic carbocycles. The monoisotopic (exact) mass is 368 g/mol. The zero-order valence-corrected chi connectivity index (χ0v) is 18.3. The van der Waals surface area contributed by atoms with Crippen molar-refractivity contribution in [1.29, 1.82) is 0 Å². The Labute approximate surface area is 165 Å². The summed E-state index contributed by atoms with van der Waals surface area (Å²) in [5.41, 5.74) is 5.49. The molecule has 0 unspecified atom stereocenters. The number of aliphatic carboxylic acids is 1. The lowest BCUT2D eigenvalue weighted by Gasteiger charge is -2.43. The molecule has 1 aliphatic rings. The molecule has 1 atom stereocenters. The second-order valence-corrected chi connectivity index (χ2v) is 10.1. The summed E-state index contributed by atoms with van der Waals surface area (Å²) < 4.78 is 0. The molecular weight excluding hydrogens is 332 g/mol. The van der Waals surface area contributed by atoms with Crippen LogP contribution in [0.4, 0.5) is 0 Å². The molecule has 1 aromatic rings. The lowest BCUT2D eigenvalue weighted by Crippen LogP contribution is -2.35. The largest absolute Gasteiger partial charge is 0.478 e. The van der Waals surface area contributed by atoms with Gasteiger partial charge in [-0.1, -0.05) is 78.8 Å². The Balaban J connectivity index is 2.39. The van der Waals surface area contributed by atoms with E-state index in [0.717, 1.165) is 5.57 Å². The van der Waals surface area contributed by atoms with Crippen LogP contribution >= 0.6 is 0 Å². The first kappa shape index (κ1) is 21.5. The highest BCUT2D eigenvalue weighted by Gasteiger charge is 2.38. The Morgan fingerprint density at radius 1 is 1.11 bits per heavy atom. The van der Waals surface area contributed by atoms with Crippen LogP contribution in [0.1, 0.15) is 84.9 Å². The molecule has 2 nitrogen and oxygen atoms in total. The maximum absolute atomic E-state index is 10.8. The van der Waals surface area contributed by atoms with Crippen LogP contribution in [0.15, 0.2) is 42.0 Å². The third kappa shape index (κ3) is 4.54. The molecule has 1 N–H and O–H groups in total. The Morgan fingerprint density at radius 3 is 2.22 bits per heavy atom. The molecule has 148 valence electrons. The van der Waals surface area contributed by atoms with Gasteiger partial charge >= 0.3 is 5.97 Å².